The zero-order valence-corrected chi connectivity index (χ0v) is 11.2. The Morgan fingerprint density at radius 1 is 1.25 bits per heavy atom. The molecule has 0 aliphatic heterocycles. The van der Waals surface area contributed by atoms with Crippen molar-refractivity contribution in [3.8, 4) is 5.69 Å². The summed E-state index contributed by atoms with van der Waals surface area (Å²) >= 11 is 0. The van der Waals surface area contributed by atoms with Crippen LogP contribution in [0.1, 0.15) is 36.2 Å². The maximum atomic E-state index is 12.0. The molecule has 3 rings (SSSR count). The highest BCUT2D eigenvalue weighted by atomic mass is 16.5. The minimum Gasteiger partial charge on any atom is -0.458 e. The summed E-state index contributed by atoms with van der Waals surface area (Å²) in [5.74, 6) is -0.356. The maximum Gasteiger partial charge on any atom is 0.359 e. The lowest BCUT2D eigenvalue weighted by atomic mass is 10.3. The van der Waals surface area contributed by atoms with E-state index in [0.717, 1.165) is 31.4 Å². The van der Waals surface area contributed by atoms with Crippen LogP contribution in [0.5, 0.6) is 0 Å². The second-order valence-electron chi connectivity index (χ2n) is 5.02. The molecule has 2 aromatic rings. The summed E-state index contributed by atoms with van der Waals surface area (Å²) in [5, 5.41) is 4.25. The molecule has 20 heavy (non-hydrogen) atoms. The van der Waals surface area contributed by atoms with E-state index in [1.165, 1.54) is 0 Å². The number of ether oxygens (including phenoxy) is 1. The van der Waals surface area contributed by atoms with Crippen LogP contribution in [0.15, 0.2) is 36.5 Å². The van der Waals surface area contributed by atoms with E-state index in [2.05, 4.69) is 5.10 Å². The highest BCUT2D eigenvalue weighted by molar-refractivity contribution is 5.87. The number of rotatable bonds is 3. The van der Waals surface area contributed by atoms with E-state index in [-0.39, 0.29) is 12.1 Å². The molecule has 5 heteroatoms. The third-order valence-corrected chi connectivity index (χ3v) is 3.56. The molecule has 0 spiro atoms. The van der Waals surface area contributed by atoms with E-state index in [0.29, 0.717) is 11.4 Å². The van der Waals surface area contributed by atoms with Gasteiger partial charge in [0.2, 0.25) is 0 Å². The van der Waals surface area contributed by atoms with Gasteiger partial charge in [-0.05, 0) is 43.9 Å². The monoisotopic (exact) mass is 271 g/mol. The van der Waals surface area contributed by atoms with Crippen molar-refractivity contribution in [3.63, 3.8) is 0 Å². The molecule has 1 aromatic heterocycles. The molecule has 104 valence electrons. The van der Waals surface area contributed by atoms with Crippen LogP contribution < -0.4 is 5.73 Å². The van der Waals surface area contributed by atoms with Crippen molar-refractivity contribution in [2.75, 3.05) is 5.73 Å². The Balaban J connectivity index is 1.76. The lowest BCUT2D eigenvalue weighted by Gasteiger charge is -2.09. The summed E-state index contributed by atoms with van der Waals surface area (Å²) in [6, 6.07) is 9.05. The van der Waals surface area contributed by atoms with Crippen molar-refractivity contribution in [1.82, 2.24) is 9.78 Å². The predicted octanol–water partition coefficient (Wildman–Crippen LogP) is 2.55. The van der Waals surface area contributed by atoms with E-state index in [1.807, 2.05) is 18.2 Å². The average Bonchev–Trinajstić information content (AvgIpc) is 3.10. The first-order valence-electron chi connectivity index (χ1n) is 6.85. The number of para-hydroxylation sites is 2. The molecular weight excluding hydrogens is 254 g/mol. The zero-order valence-electron chi connectivity index (χ0n) is 11.2. The van der Waals surface area contributed by atoms with Crippen molar-refractivity contribution in [2.24, 2.45) is 0 Å². The van der Waals surface area contributed by atoms with Gasteiger partial charge in [-0.15, -0.1) is 0 Å². The Hall–Kier alpha value is -2.30. The van der Waals surface area contributed by atoms with Crippen molar-refractivity contribution in [2.45, 2.75) is 31.8 Å². The molecule has 1 fully saturated rings. The van der Waals surface area contributed by atoms with Crippen LogP contribution in [0.2, 0.25) is 0 Å². The summed E-state index contributed by atoms with van der Waals surface area (Å²) in [4.78, 5) is 12.0. The number of carbonyl (C=O) groups is 1. The number of carbonyl (C=O) groups excluding carboxylic acids is 1. The van der Waals surface area contributed by atoms with Crippen LogP contribution in [0.3, 0.4) is 0 Å². The van der Waals surface area contributed by atoms with Gasteiger partial charge in [0.15, 0.2) is 5.69 Å². The molecule has 0 bridgehead atoms. The quantitative estimate of drug-likeness (QED) is 0.688. The first-order valence-corrected chi connectivity index (χ1v) is 6.85. The highest BCUT2D eigenvalue weighted by Gasteiger charge is 2.21. The SMILES string of the molecule is Nc1ccccc1-n1ccc(C(=O)OC2CCCC2)n1. The third kappa shape index (κ3) is 2.52. The Bertz CT molecular complexity index is 615. The van der Waals surface area contributed by atoms with Crippen molar-refractivity contribution in [3.05, 3.63) is 42.2 Å². The Morgan fingerprint density at radius 3 is 2.75 bits per heavy atom. The summed E-state index contributed by atoms with van der Waals surface area (Å²) in [7, 11) is 0. The Morgan fingerprint density at radius 2 is 2.00 bits per heavy atom. The number of anilines is 1. The second kappa shape index (κ2) is 5.36. The number of esters is 1. The molecule has 0 saturated heterocycles. The van der Waals surface area contributed by atoms with E-state index in [1.54, 1.807) is 23.0 Å². The minimum absolute atomic E-state index is 0.0504. The molecule has 0 unspecified atom stereocenters. The molecule has 1 aliphatic carbocycles. The fourth-order valence-electron chi connectivity index (χ4n) is 2.48. The molecule has 1 saturated carbocycles. The maximum absolute atomic E-state index is 12.0. The molecule has 1 heterocycles. The number of nitrogens with zero attached hydrogens (tertiary/aromatic N) is 2. The van der Waals surface area contributed by atoms with Crippen molar-refractivity contribution in [1.29, 1.82) is 0 Å². The standard InChI is InChI=1S/C15H17N3O2/c16-12-7-3-4-8-14(12)18-10-9-13(17-18)15(19)20-11-5-1-2-6-11/h3-4,7-11H,1-2,5-6,16H2. The number of aromatic nitrogens is 2. The van der Waals surface area contributed by atoms with E-state index in [4.69, 9.17) is 10.5 Å². The Kier molecular flexibility index (Phi) is 3.41. The predicted molar refractivity (Wildman–Crippen MR) is 75.6 cm³/mol. The van der Waals surface area contributed by atoms with Gasteiger partial charge in [0.1, 0.15) is 6.10 Å². The smallest absolute Gasteiger partial charge is 0.359 e. The van der Waals surface area contributed by atoms with Crippen molar-refractivity contribution >= 4 is 11.7 Å². The molecular formula is C15H17N3O2. The normalized spacial score (nSPS) is 15.4. The molecule has 0 radical (unpaired) electrons. The summed E-state index contributed by atoms with van der Waals surface area (Å²) < 4.78 is 7.03. The zero-order chi connectivity index (χ0) is 13.9. The molecule has 2 N–H and O–H groups in total. The molecule has 1 aliphatic rings. The molecule has 5 nitrogen and oxygen atoms in total. The second-order valence-corrected chi connectivity index (χ2v) is 5.02. The largest absolute Gasteiger partial charge is 0.458 e. The molecule has 1 aromatic carbocycles. The summed E-state index contributed by atoms with van der Waals surface area (Å²) in [5.41, 5.74) is 7.59. The van der Waals surface area contributed by atoms with E-state index in [9.17, 15) is 4.79 Å². The van der Waals surface area contributed by atoms with E-state index < -0.39 is 0 Å². The lowest BCUT2D eigenvalue weighted by Crippen LogP contribution is -2.15. The van der Waals surface area contributed by atoms with Gasteiger partial charge >= 0.3 is 5.97 Å². The first-order chi connectivity index (χ1) is 9.74. The number of hydrogen-bond donors (Lipinski definition) is 1. The number of benzene rings is 1. The van der Waals surface area contributed by atoms with Gasteiger partial charge in [0.25, 0.3) is 0 Å². The number of hydrogen-bond acceptors (Lipinski definition) is 4. The van der Waals surface area contributed by atoms with Crippen LogP contribution >= 0.6 is 0 Å². The number of nitrogen functional groups attached to an aromatic ring is 1. The fraction of sp³-hybridized carbons (Fsp3) is 0.333. The van der Waals surface area contributed by atoms with Crippen molar-refractivity contribution < 1.29 is 9.53 Å². The van der Waals surface area contributed by atoms with Gasteiger partial charge in [-0.25, -0.2) is 9.48 Å². The van der Waals surface area contributed by atoms with Crippen LogP contribution in [0, 0.1) is 0 Å². The average molecular weight is 271 g/mol. The van der Waals surface area contributed by atoms with E-state index >= 15 is 0 Å². The van der Waals surface area contributed by atoms with Crippen LogP contribution in [-0.4, -0.2) is 21.9 Å². The summed E-state index contributed by atoms with van der Waals surface area (Å²) in [6.07, 6.45) is 5.95. The van der Waals surface area contributed by atoms with Gasteiger partial charge < -0.3 is 10.5 Å². The first kappa shape index (κ1) is 12.7. The minimum atomic E-state index is -0.356. The molecule has 0 amide bonds. The fourth-order valence-corrected chi connectivity index (χ4v) is 2.48. The van der Waals surface area contributed by atoms with Crippen LogP contribution in [-0.2, 0) is 4.74 Å². The highest BCUT2D eigenvalue weighted by Crippen LogP contribution is 2.22. The topological polar surface area (TPSA) is 70.1 Å². The lowest BCUT2D eigenvalue weighted by molar-refractivity contribution is 0.0310. The van der Waals surface area contributed by atoms with Gasteiger partial charge in [-0.2, -0.15) is 5.10 Å². The molecule has 0 atom stereocenters. The number of nitrogens with two attached hydrogens (primary N) is 1. The van der Waals surface area contributed by atoms with Crippen LogP contribution in [0.4, 0.5) is 5.69 Å². The van der Waals surface area contributed by atoms with Crippen LogP contribution in [0.25, 0.3) is 5.69 Å². The van der Waals surface area contributed by atoms with Gasteiger partial charge in [-0.1, -0.05) is 12.1 Å². The van der Waals surface area contributed by atoms with Gasteiger partial charge in [0.05, 0.1) is 11.4 Å². The third-order valence-electron chi connectivity index (χ3n) is 3.56. The van der Waals surface area contributed by atoms with Gasteiger partial charge in [0, 0.05) is 6.20 Å². The Labute approximate surface area is 117 Å². The summed E-state index contributed by atoms with van der Waals surface area (Å²) in [6.45, 7) is 0. The van der Waals surface area contributed by atoms with Gasteiger partial charge in [-0.3, -0.25) is 0 Å².